The first kappa shape index (κ1) is 13.2. The number of hydrogen-bond donors (Lipinski definition) is 1. The van der Waals surface area contributed by atoms with Gasteiger partial charge in [-0.2, -0.15) is 0 Å². The van der Waals surface area contributed by atoms with Gasteiger partial charge in [-0.25, -0.2) is 8.42 Å². The van der Waals surface area contributed by atoms with Gasteiger partial charge in [-0.1, -0.05) is 0 Å². The fourth-order valence-corrected chi connectivity index (χ4v) is 3.45. The average Bonchev–Trinajstić information content (AvgIpc) is 2.20. The zero-order valence-corrected chi connectivity index (χ0v) is 10.1. The number of amides is 1. The number of ketones is 1. The van der Waals surface area contributed by atoms with Gasteiger partial charge in [0.15, 0.2) is 9.84 Å². The number of hydrogen-bond acceptors (Lipinski definition) is 4. The van der Waals surface area contributed by atoms with Crippen LogP contribution in [0.2, 0.25) is 0 Å². The summed E-state index contributed by atoms with van der Waals surface area (Å²) in [5.41, 5.74) is 4.98. The highest BCUT2D eigenvalue weighted by Gasteiger charge is 2.30. The maximum absolute atomic E-state index is 11.7. The number of rotatable bonds is 4. The molecule has 5 nitrogen and oxygen atoms in total. The van der Waals surface area contributed by atoms with E-state index >= 15 is 0 Å². The minimum atomic E-state index is -3.46. The van der Waals surface area contributed by atoms with E-state index in [1.807, 2.05) is 0 Å². The van der Waals surface area contributed by atoms with Crippen LogP contribution in [0.25, 0.3) is 0 Å². The van der Waals surface area contributed by atoms with E-state index in [0.29, 0.717) is 25.7 Å². The van der Waals surface area contributed by atoms with Crippen molar-refractivity contribution < 1.29 is 18.0 Å². The lowest BCUT2D eigenvalue weighted by molar-refractivity contribution is -0.121. The molecule has 1 amide bonds. The van der Waals surface area contributed by atoms with E-state index in [9.17, 15) is 18.0 Å². The molecular formula is C10H17NO4S. The summed E-state index contributed by atoms with van der Waals surface area (Å²) < 4.78 is 23.5. The average molecular weight is 247 g/mol. The molecular weight excluding hydrogens is 230 g/mol. The normalized spacial score (nSPS) is 20.7. The van der Waals surface area contributed by atoms with Crippen LogP contribution in [-0.2, 0) is 19.4 Å². The molecule has 0 radical (unpaired) electrons. The van der Waals surface area contributed by atoms with Crippen LogP contribution in [-0.4, -0.2) is 31.1 Å². The van der Waals surface area contributed by atoms with E-state index in [0.717, 1.165) is 0 Å². The molecule has 0 heterocycles. The maximum Gasteiger partial charge on any atom is 0.235 e. The fraction of sp³-hybridized carbons (Fsp3) is 0.800. The monoisotopic (exact) mass is 247 g/mol. The van der Waals surface area contributed by atoms with Gasteiger partial charge in [0, 0.05) is 12.8 Å². The van der Waals surface area contributed by atoms with Crippen LogP contribution in [0.5, 0.6) is 0 Å². The molecule has 0 aromatic rings. The Morgan fingerprint density at radius 1 is 1.44 bits per heavy atom. The topological polar surface area (TPSA) is 94.3 Å². The van der Waals surface area contributed by atoms with E-state index < -0.39 is 21.0 Å². The van der Waals surface area contributed by atoms with Crippen molar-refractivity contribution in [3.63, 3.8) is 0 Å². The molecule has 1 fully saturated rings. The van der Waals surface area contributed by atoms with Gasteiger partial charge in [-0.05, 0) is 25.7 Å². The second-order valence-corrected chi connectivity index (χ2v) is 6.72. The predicted molar refractivity (Wildman–Crippen MR) is 59.4 cm³/mol. The second kappa shape index (κ2) is 4.95. The third-order valence-electron chi connectivity index (χ3n) is 3.07. The van der Waals surface area contributed by atoms with Gasteiger partial charge >= 0.3 is 0 Å². The van der Waals surface area contributed by atoms with E-state index in [1.54, 1.807) is 0 Å². The predicted octanol–water partition coefficient (Wildman–Crippen LogP) is 0.0343. The molecule has 1 aliphatic rings. The summed E-state index contributed by atoms with van der Waals surface area (Å²) in [5, 5.41) is -1.13. The molecule has 0 saturated heterocycles. The summed E-state index contributed by atoms with van der Waals surface area (Å²) in [5.74, 6) is -0.669. The van der Waals surface area contributed by atoms with Crippen molar-refractivity contribution in [2.75, 3.05) is 5.75 Å². The highest BCUT2D eigenvalue weighted by molar-refractivity contribution is 7.92. The lowest BCUT2D eigenvalue weighted by Crippen LogP contribution is -2.37. The molecule has 0 aromatic carbocycles. The Balaban J connectivity index is 2.60. The van der Waals surface area contributed by atoms with Crippen LogP contribution in [0.15, 0.2) is 0 Å². The van der Waals surface area contributed by atoms with E-state index in [-0.39, 0.29) is 17.5 Å². The SMILES string of the molecule is CC(C(N)=O)S(=O)(=O)CC1CCC(=O)CC1. The van der Waals surface area contributed by atoms with Crippen molar-refractivity contribution >= 4 is 21.5 Å². The van der Waals surface area contributed by atoms with E-state index in [1.165, 1.54) is 6.92 Å². The Morgan fingerprint density at radius 3 is 2.38 bits per heavy atom. The molecule has 1 saturated carbocycles. The summed E-state index contributed by atoms with van der Waals surface area (Å²) in [4.78, 5) is 21.8. The number of carbonyl (C=O) groups excluding carboxylic acids is 2. The van der Waals surface area contributed by atoms with Crippen molar-refractivity contribution in [1.29, 1.82) is 0 Å². The van der Waals surface area contributed by atoms with Crippen molar-refractivity contribution in [3.8, 4) is 0 Å². The second-order valence-electron chi connectivity index (χ2n) is 4.36. The zero-order chi connectivity index (χ0) is 12.3. The molecule has 1 unspecified atom stereocenters. The maximum atomic E-state index is 11.7. The standard InChI is InChI=1S/C10H17NO4S/c1-7(10(11)13)16(14,15)6-8-2-4-9(12)5-3-8/h7-8H,2-6H2,1H3,(H2,11,13). The Hall–Kier alpha value is -0.910. The van der Waals surface area contributed by atoms with E-state index in [2.05, 4.69) is 0 Å². The summed E-state index contributed by atoms with van der Waals surface area (Å²) in [6.45, 7) is 1.31. The minimum Gasteiger partial charge on any atom is -0.369 e. The Bertz CT molecular complexity index is 378. The molecule has 92 valence electrons. The van der Waals surface area contributed by atoms with Gasteiger partial charge in [0.25, 0.3) is 0 Å². The number of primary amides is 1. The van der Waals surface area contributed by atoms with E-state index in [4.69, 9.17) is 5.73 Å². The number of nitrogens with two attached hydrogens (primary N) is 1. The first-order chi connectivity index (χ1) is 7.33. The smallest absolute Gasteiger partial charge is 0.235 e. The Kier molecular flexibility index (Phi) is 4.07. The summed E-state index contributed by atoms with van der Waals surface area (Å²) in [6, 6.07) is 0. The molecule has 2 N–H and O–H groups in total. The molecule has 0 aromatic heterocycles. The molecule has 0 bridgehead atoms. The highest BCUT2D eigenvalue weighted by Crippen LogP contribution is 2.24. The summed E-state index contributed by atoms with van der Waals surface area (Å²) in [7, 11) is -3.46. The van der Waals surface area contributed by atoms with Crippen LogP contribution in [0.1, 0.15) is 32.6 Å². The van der Waals surface area contributed by atoms with Gasteiger partial charge in [-0.15, -0.1) is 0 Å². The molecule has 0 spiro atoms. The van der Waals surface area contributed by atoms with Crippen molar-refractivity contribution in [2.24, 2.45) is 11.7 Å². The number of sulfone groups is 1. The zero-order valence-electron chi connectivity index (χ0n) is 9.31. The Morgan fingerprint density at radius 2 is 1.94 bits per heavy atom. The molecule has 0 aliphatic heterocycles. The molecule has 16 heavy (non-hydrogen) atoms. The Labute approximate surface area is 95.3 Å². The lowest BCUT2D eigenvalue weighted by atomic mass is 9.90. The quantitative estimate of drug-likeness (QED) is 0.758. The number of Topliss-reactive ketones (excluding diaryl/α,β-unsaturated/α-hetero) is 1. The van der Waals surface area contributed by atoms with Crippen molar-refractivity contribution in [1.82, 2.24) is 0 Å². The van der Waals surface area contributed by atoms with Gasteiger partial charge in [0.05, 0.1) is 5.75 Å². The summed E-state index contributed by atoms with van der Waals surface area (Å²) in [6.07, 6.45) is 2.10. The minimum absolute atomic E-state index is 0.00972. The van der Waals surface area contributed by atoms with Crippen molar-refractivity contribution in [3.05, 3.63) is 0 Å². The van der Waals surface area contributed by atoms with Gasteiger partial charge in [-0.3, -0.25) is 9.59 Å². The third kappa shape index (κ3) is 3.30. The number of carbonyl (C=O) groups is 2. The summed E-state index contributed by atoms with van der Waals surface area (Å²) >= 11 is 0. The van der Waals surface area contributed by atoms with Gasteiger partial charge in [0.1, 0.15) is 11.0 Å². The fourth-order valence-electron chi connectivity index (χ4n) is 1.82. The third-order valence-corrected chi connectivity index (χ3v) is 5.32. The first-order valence-electron chi connectivity index (χ1n) is 5.35. The van der Waals surface area contributed by atoms with Crippen LogP contribution in [0.4, 0.5) is 0 Å². The highest BCUT2D eigenvalue weighted by atomic mass is 32.2. The van der Waals surface area contributed by atoms with Crippen LogP contribution in [0.3, 0.4) is 0 Å². The van der Waals surface area contributed by atoms with Crippen LogP contribution < -0.4 is 5.73 Å². The van der Waals surface area contributed by atoms with Crippen LogP contribution in [0, 0.1) is 5.92 Å². The first-order valence-corrected chi connectivity index (χ1v) is 7.07. The largest absolute Gasteiger partial charge is 0.369 e. The van der Waals surface area contributed by atoms with Gasteiger partial charge < -0.3 is 5.73 Å². The molecule has 1 rings (SSSR count). The molecule has 1 aliphatic carbocycles. The van der Waals surface area contributed by atoms with Gasteiger partial charge in [0.2, 0.25) is 5.91 Å². The van der Waals surface area contributed by atoms with Crippen LogP contribution >= 0.6 is 0 Å². The molecule has 1 atom stereocenters. The van der Waals surface area contributed by atoms with Crippen molar-refractivity contribution in [2.45, 2.75) is 37.9 Å². The molecule has 6 heteroatoms. The lowest BCUT2D eigenvalue weighted by Gasteiger charge is -2.21.